The van der Waals surface area contributed by atoms with Gasteiger partial charge >= 0.3 is 0 Å². The van der Waals surface area contributed by atoms with E-state index in [1.54, 1.807) is 47.4 Å². The maximum atomic E-state index is 14.5. The van der Waals surface area contributed by atoms with Gasteiger partial charge in [0.15, 0.2) is 5.54 Å². The lowest BCUT2D eigenvalue weighted by atomic mass is 9.81. The van der Waals surface area contributed by atoms with Crippen molar-refractivity contribution >= 4 is 29.0 Å². The molecule has 2 amide bonds. The van der Waals surface area contributed by atoms with Crippen LogP contribution in [0.15, 0.2) is 66.8 Å². The van der Waals surface area contributed by atoms with Crippen molar-refractivity contribution in [3.63, 3.8) is 0 Å². The molecule has 5 rings (SSSR count). The number of rotatable bonds is 9. The number of amides is 2. The first-order valence-electron chi connectivity index (χ1n) is 13.1. The van der Waals surface area contributed by atoms with Crippen LogP contribution in [0.1, 0.15) is 43.7 Å². The molecule has 2 aromatic carbocycles. The molecule has 0 unspecified atom stereocenters. The van der Waals surface area contributed by atoms with Crippen LogP contribution in [0, 0.1) is 0 Å². The Bertz CT molecular complexity index is 1290. The average molecular weight is 517 g/mol. The molecule has 8 nitrogen and oxygen atoms in total. The molecule has 1 spiro atoms. The minimum absolute atomic E-state index is 0.0807. The van der Waals surface area contributed by atoms with Crippen LogP contribution < -0.4 is 9.64 Å². The average Bonchev–Trinajstić information content (AvgIpc) is 3.60. The molecule has 2 fully saturated rings. The number of anilines is 1. The second kappa shape index (κ2) is 10.5. The number of para-hydroxylation sites is 1. The highest BCUT2D eigenvalue weighted by Crippen LogP contribution is 2.54. The largest absolute Gasteiger partial charge is 0.507 e. The Morgan fingerprint density at radius 1 is 1.18 bits per heavy atom. The molecule has 0 saturated carbocycles. The van der Waals surface area contributed by atoms with E-state index < -0.39 is 28.9 Å². The number of fused-ring (bicyclic) bond motifs is 2. The molecule has 3 aliphatic rings. The molecule has 2 saturated heterocycles. The molecular weight excluding hydrogens is 484 g/mol. The van der Waals surface area contributed by atoms with Crippen LogP contribution >= 0.6 is 0 Å². The maximum Gasteiger partial charge on any atom is 0.296 e. The number of nitrogens with zero attached hydrogens (tertiary/aromatic N) is 2. The number of unbranched alkanes of at least 4 members (excludes halogenated alkanes) is 1. The van der Waals surface area contributed by atoms with Crippen molar-refractivity contribution in [3.05, 3.63) is 77.9 Å². The van der Waals surface area contributed by atoms with Crippen molar-refractivity contribution < 1.29 is 29.0 Å². The number of hydrogen-bond acceptors (Lipinski definition) is 6. The van der Waals surface area contributed by atoms with Crippen molar-refractivity contribution in [1.82, 2.24) is 4.90 Å². The third kappa shape index (κ3) is 4.00. The van der Waals surface area contributed by atoms with E-state index in [4.69, 9.17) is 9.47 Å². The van der Waals surface area contributed by atoms with E-state index in [1.807, 2.05) is 19.1 Å². The summed E-state index contributed by atoms with van der Waals surface area (Å²) in [6, 6.07) is 13.7. The van der Waals surface area contributed by atoms with Crippen molar-refractivity contribution in [1.29, 1.82) is 0 Å². The number of Topliss-reactive ketones (excluding diaryl/α,β-unsaturated/α-hetero) is 1. The Morgan fingerprint density at radius 3 is 2.63 bits per heavy atom. The smallest absolute Gasteiger partial charge is 0.296 e. The summed E-state index contributed by atoms with van der Waals surface area (Å²) in [5.41, 5.74) is -0.512. The predicted octanol–water partition coefficient (Wildman–Crippen LogP) is 4.15. The number of aliphatic hydroxyl groups excluding tert-OH is 1. The second-order valence-electron chi connectivity index (χ2n) is 9.77. The molecule has 198 valence electrons. The fourth-order valence-corrected chi connectivity index (χ4v) is 5.66. The van der Waals surface area contributed by atoms with E-state index in [-0.39, 0.29) is 18.2 Å². The molecule has 3 heterocycles. The second-order valence-corrected chi connectivity index (χ2v) is 9.77. The zero-order chi connectivity index (χ0) is 26.9. The Morgan fingerprint density at radius 2 is 1.95 bits per heavy atom. The van der Waals surface area contributed by atoms with Gasteiger partial charge in [-0.2, -0.15) is 0 Å². The standard InChI is InChI=1S/C30H32N2O6/c1-3-5-16-31-24-11-7-6-10-23(24)30(29(31)36)25(26(33)20-12-14-21(15-13-20)37-17-4-2)27(34)28(35)32(30)19-22-9-8-18-38-22/h4,6-7,10-15,22,33H,2-3,5,8-9,16-19H2,1H3/t22-,30+/m1/s1. The van der Waals surface area contributed by atoms with Crippen molar-refractivity contribution in [2.75, 3.05) is 31.2 Å². The van der Waals surface area contributed by atoms with Crippen LogP contribution in [-0.4, -0.2) is 60.0 Å². The normalized spacial score (nSPS) is 23.9. The van der Waals surface area contributed by atoms with E-state index >= 15 is 0 Å². The minimum Gasteiger partial charge on any atom is -0.507 e. The van der Waals surface area contributed by atoms with Gasteiger partial charge in [0, 0.05) is 30.8 Å². The van der Waals surface area contributed by atoms with Crippen LogP contribution in [-0.2, 0) is 24.7 Å². The number of hydrogen-bond donors (Lipinski definition) is 1. The van der Waals surface area contributed by atoms with Gasteiger partial charge in [0.1, 0.15) is 18.1 Å². The monoisotopic (exact) mass is 516 g/mol. The summed E-state index contributed by atoms with van der Waals surface area (Å²) in [5, 5.41) is 11.6. The molecule has 3 aliphatic heterocycles. The van der Waals surface area contributed by atoms with Crippen LogP contribution in [0.4, 0.5) is 5.69 Å². The van der Waals surface area contributed by atoms with Gasteiger partial charge in [-0.1, -0.05) is 44.2 Å². The van der Waals surface area contributed by atoms with Gasteiger partial charge in [-0.05, 0) is 49.6 Å². The van der Waals surface area contributed by atoms with Crippen LogP contribution in [0.3, 0.4) is 0 Å². The Hall–Kier alpha value is -3.91. The maximum absolute atomic E-state index is 14.5. The van der Waals surface area contributed by atoms with Gasteiger partial charge in [-0.3, -0.25) is 14.4 Å². The summed E-state index contributed by atoms with van der Waals surface area (Å²) < 4.78 is 11.3. The van der Waals surface area contributed by atoms with Crippen LogP contribution in [0.2, 0.25) is 0 Å². The number of aliphatic hydroxyl groups is 1. The topological polar surface area (TPSA) is 96.4 Å². The quantitative estimate of drug-likeness (QED) is 0.233. The SMILES string of the molecule is C=CCOc1ccc(C(O)=C2C(=O)C(=O)N(C[C@H]3CCCO3)[C@]23C(=O)N(CCCC)c2ccccc23)cc1. The summed E-state index contributed by atoms with van der Waals surface area (Å²) in [4.78, 5) is 44.8. The van der Waals surface area contributed by atoms with Gasteiger partial charge in [0.05, 0.1) is 17.4 Å². The summed E-state index contributed by atoms with van der Waals surface area (Å²) in [7, 11) is 0. The van der Waals surface area contributed by atoms with Crippen LogP contribution in [0.25, 0.3) is 5.76 Å². The van der Waals surface area contributed by atoms with E-state index in [2.05, 4.69) is 6.58 Å². The van der Waals surface area contributed by atoms with E-state index in [1.165, 1.54) is 4.90 Å². The molecule has 2 aromatic rings. The number of carbonyl (C=O) groups excluding carboxylic acids is 3. The lowest BCUT2D eigenvalue weighted by Crippen LogP contribution is -2.54. The Balaban J connectivity index is 1.70. The number of carbonyl (C=O) groups is 3. The Kier molecular flexibility index (Phi) is 7.08. The van der Waals surface area contributed by atoms with E-state index in [0.717, 1.165) is 25.7 Å². The lowest BCUT2D eigenvalue weighted by Gasteiger charge is -2.35. The minimum atomic E-state index is -1.77. The van der Waals surface area contributed by atoms with Gasteiger partial charge in [-0.15, -0.1) is 0 Å². The third-order valence-electron chi connectivity index (χ3n) is 7.45. The molecule has 2 atom stereocenters. The summed E-state index contributed by atoms with van der Waals surface area (Å²) >= 11 is 0. The molecule has 0 aliphatic carbocycles. The molecule has 38 heavy (non-hydrogen) atoms. The van der Waals surface area contributed by atoms with E-state index in [0.29, 0.717) is 42.3 Å². The number of ether oxygens (including phenoxy) is 2. The molecule has 8 heteroatoms. The van der Waals surface area contributed by atoms with Gasteiger partial charge in [0.2, 0.25) is 0 Å². The van der Waals surface area contributed by atoms with Gasteiger partial charge in [0.25, 0.3) is 17.6 Å². The highest BCUT2D eigenvalue weighted by atomic mass is 16.5. The highest BCUT2D eigenvalue weighted by molar-refractivity contribution is 6.50. The fraction of sp³-hybridized carbons (Fsp3) is 0.367. The first-order chi connectivity index (χ1) is 18.4. The van der Waals surface area contributed by atoms with Crippen LogP contribution in [0.5, 0.6) is 5.75 Å². The zero-order valence-electron chi connectivity index (χ0n) is 21.5. The first-order valence-corrected chi connectivity index (χ1v) is 13.1. The Labute approximate surface area is 222 Å². The fourth-order valence-electron chi connectivity index (χ4n) is 5.66. The van der Waals surface area contributed by atoms with Gasteiger partial charge < -0.3 is 24.4 Å². The highest BCUT2D eigenvalue weighted by Gasteiger charge is 2.67. The van der Waals surface area contributed by atoms with Gasteiger partial charge in [-0.25, -0.2) is 0 Å². The van der Waals surface area contributed by atoms with Crippen molar-refractivity contribution in [3.8, 4) is 5.75 Å². The molecule has 0 bridgehead atoms. The molecular formula is C30H32N2O6. The predicted molar refractivity (Wildman–Crippen MR) is 143 cm³/mol. The molecule has 0 aromatic heterocycles. The number of likely N-dealkylation sites (tertiary alicyclic amines) is 1. The number of ketones is 1. The lowest BCUT2D eigenvalue weighted by molar-refractivity contribution is -0.145. The van der Waals surface area contributed by atoms with Crippen molar-refractivity contribution in [2.24, 2.45) is 0 Å². The van der Waals surface area contributed by atoms with E-state index in [9.17, 15) is 19.5 Å². The summed E-state index contributed by atoms with van der Waals surface area (Å²) in [6.07, 6.45) is 4.51. The first kappa shape index (κ1) is 25.7. The summed E-state index contributed by atoms with van der Waals surface area (Å²) in [6.45, 7) is 7.07. The molecule has 1 N–H and O–H groups in total. The summed E-state index contributed by atoms with van der Waals surface area (Å²) in [5.74, 6) is -1.93. The number of benzene rings is 2. The zero-order valence-corrected chi connectivity index (χ0v) is 21.5. The third-order valence-corrected chi connectivity index (χ3v) is 7.45. The molecule has 0 radical (unpaired) electrons. The van der Waals surface area contributed by atoms with Crippen molar-refractivity contribution in [2.45, 2.75) is 44.2 Å².